The summed E-state index contributed by atoms with van der Waals surface area (Å²) in [6.45, 7) is 3.40. The van der Waals surface area contributed by atoms with Crippen LogP contribution < -0.4 is 4.74 Å². The molecule has 1 aromatic carbocycles. The van der Waals surface area contributed by atoms with Crippen molar-refractivity contribution in [1.82, 2.24) is 4.90 Å². The minimum absolute atomic E-state index is 0.0271. The van der Waals surface area contributed by atoms with Crippen LogP contribution in [0.15, 0.2) is 24.3 Å². The fourth-order valence-corrected chi connectivity index (χ4v) is 2.25. The molecule has 1 N–H and O–H groups in total. The van der Waals surface area contributed by atoms with E-state index in [0.29, 0.717) is 24.5 Å². The highest BCUT2D eigenvalue weighted by molar-refractivity contribution is 5.96. The molecular weight excluding hydrogens is 286 g/mol. The van der Waals surface area contributed by atoms with Crippen LogP contribution in [0.25, 0.3) is 0 Å². The van der Waals surface area contributed by atoms with Gasteiger partial charge in [-0.25, -0.2) is 4.79 Å². The molecule has 0 bridgehead atoms. The van der Waals surface area contributed by atoms with Crippen LogP contribution in [0.1, 0.15) is 30.1 Å². The molecule has 2 rings (SSSR count). The second-order valence-corrected chi connectivity index (χ2v) is 5.15. The number of aliphatic carboxylic acids is 1. The summed E-state index contributed by atoms with van der Waals surface area (Å²) in [4.78, 5) is 25.0. The van der Waals surface area contributed by atoms with Crippen LogP contribution in [0.4, 0.5) is 0 Å². The molecule has 120 valence electrons. The van der Waals surface area contributed by atoms with Crippen LogP contribution in [-0.2, 0) is 9.53 Å². The maximum absolute atomic E-state index is 12.5. The number of nitrogens with zero attached hydrogens (tertiary/aromatic N) is 1. The molecular formula is C16H21NO5. The van der Waals surface area contributed by atoms with Crippen molar-refractivity contribution in [3.63, 3.8) is 0 Å². The molecule has 22 heavy (non-hydrogen) atoms. The minimum Gasteiger partial charge on any atom is -0.494 e. The fourth-order valence-electron chi connectivity index (χ4n) is 2.25. The third kappa shape index (κ3) is 3.98. The molecule has 1 unspecified atom stereocenters. The first-order valence-corrected chi connectivity index (χ1v) is 7.48. The van der Waals surface area contributed by atoms with E-state index in [4.69, 9.17) is 9.47 Å². The van der Waals surface area contributed by atoms with Crippen molar-refractivity contribution in [2.45, 2.75) is 25.8 Å². The zero-order valence-electron chi connectivity index (χ0n) is 12.7. The van der Waals surface area contributed by atoms with Crippen molar-refractivity contribution in [3.8, 4) is 5.75 Å². The topological polar surface area (TPSA) is 76.1 Å². The Hall–Kier alpha value is -2.08. The number of benzene rings is 1. The first kappa shape index (κ1) is 16.3. The van der Waals surface area contributed by atoms with E-state index in [1.54, 1.807) is 24.3 Å². The zero-order valence-corrected chi connectivity index (χ0v) is 12.7. The van der Waals surface area contributed by atoms with Gasteiger partial charge in [0, 0.05) is 12.1 Å². The van der Waals surface area contributed by atoms with E-state index < -0.39 is 12.0 Å². The Bertz CT molecular complexity index is 514. The van der Waals surface area contributed by atoms with E-state index in [1.807, 2.05) is 0 Å². The van der Waals surface area contributed by atoms with E-state index in [9.17, 15) is 14.7 Å². The number of carboxylic acid groups (broad SMARTS) is 1. The summed E-state index contributed by atoms with van der Waals surface area (Å²) in [5, 5.41) is 9.18. The highest BCUT2D eigenvalue weighted by Gasteiger charge is 2.33. The molecule has 1 saturated heterocycles. The van der Waals surface area contributed by atoms with Gasteiger partial charge in [-0.3, -0.25) is 4.79 Å². The Morgan fingerprint density at radius 1 is 1.36 bits per heavy atom. The number of morpholine rings is 1. The van der Waals surface area contributed by atoms with Crippen molar-refractivity contribution in [1.29, 1.82) is 0 Å². The number of rotatable bonds is 6. The Balaban J connectivity index is 2.03. The number of hydrogen-bond acceptors (Lipinski definition) is 4. The first-order chi connectivity index (χ1) is 10.6. The van der Waals surface area contributed by atoms with Crippen molar-refractivity contribution in [2.75, 3.05) is 26.4 Å². The Kier molecular flexibility index (Phi) is 5.77. The quantitative estimate of drug-likeness (QED) is 0.811. The van der Waals surface area contributed by atoms with Gasteiger partial charge in [-0.2, -0.15) is 0 Å². The van der Waals surface area contributed by atoms with Gasteiger partial charge in [-0.15, -0.1) is 0 Å². The summed E-state index contributed by atoms with van der Waals surface area (Å²) in [6, 6.07) is 5.87. The molecule has 0 aromatic heterocycles. The summed E-state index contributed by atoms with van der Waals surface area (Å²) >= 11 is 0. The fraction of sp³-hybridized carbons (Fsp3) is 0.500. The first-order valence-electron chi connectivity index (χ1n) is 7.48. The largest absolute Gasteiger partial charge is 0.494 e. The molecule has 6 nitrogen and oxygen atoms in total. The molecule has 1 heterocycles. The number of ether oxygens (including phenoxy) is 2. The van der Waals surface area contributed by atoms with E-state index in [1.165, 1.54) is 4.90 Å². The zero-order chi connectivity index (χ0) is 15.9. The van der Waals surface area contributed by atoms with Gasteiger partial charge in [-0.05, 0) is 30.7 Å². The van der Waals surface area contributed by atoms with Crippen LogP contribution in [0.3, 0.4) is 0 Å². The average molecular weight is 307 g/mol. The van der Waals surface area contributed by atoms with Crippen LogP contribution in [-0.4, -0.2) is 54.3 Å². The molecule has 1 amide bonds. The van der Waals surface area contributed by atoms with Crippen LogP contribution in [0.2, 0.25) is 0 Å². The molecule has 1 atom stereocenters. The van der Waals surface area contributed by atoms with Crippen LogP contribution >= 0.6 is 0 Å². The lowest BCUT2D eigenvalue weighted by Crippen LogP contribution is -2.52. The number of hydrogen-bond donors (Lipinski definition) is 1. The summed E-state index contributed by atoms with van der Waals surface area (Å²) in [6.07, 6.45) is 2.04. The van der Waals surface area contributed by atoms with E-state index >= 15 is 0 Å². The van der Waals surface area contributed by atoms with Gasteiger partial charge < -0.3 is 19.5 Å². The number of unbranched alkanes of at least 4 members (excludes halogenated alkanes) is 1. The molecule has 6 heteroatoms. The molecule has 1 aromatic rings. The maximum Gasteiger partial charge on any atom is 0.328 e. The smallest absolute Gasteiger partial charge is 0.328 e. The van der Waals surface area contributed by atoms with Gasteiger partial charge in [0.2, 0.25) is 0 Å². The summed E-state index contributed by atoms with van der Waals surface area (Å²) in [5.41, 5.74) is 0.455. The van der Waals surface area contributed by atoms with Crippen LogP contribution in [0.5, 0.6) is 5.75 Å². The Labute approximate surface area is 129 Å². The molecule has 0 saturated carbocycles. The third-order valence-corrected chi connectivity index (χ3v) is 3.54. The lowest BCUT2D eigenvalue weighted by molar-refractivity contribution is -0.147. The third-order valence-electron chi connectivity index (χ3n) is 3.54. The monoisotopic (exact) mass is 307 g/mol. The standard InChI is InChI=1S/C16H21NO5/c1-2-3-9-22-13-6-4-12(5-7-13)15(18)17-8-10-21-11-14(17)16(19)20/h4-7,14H,2-3,8-11H2,1H3,(H,19,20). The molecule has 1 aliphatic heterocycles. The normalized spacial score (nSPS) is 18.0. The van der Waals surface area contributed by atoms with Crippen molar-refractivity contribution in [3.05, 3.63) is 29.8 Å². The predicted molar refractivity (Wildman–Crippen MR) is 80.1 cm³/mol. The predicted octanol–water partition coefficient (Wildman–Crippen LogP) is 1.79. The van der Waals surface area contributed by atoms with E-state index in [2.05, 4.69) is 6.92 Å². The number of carbonyl (C=O) groups excluding carboxylic acids is 1. The van der Waals surface area contributed by atoms with E-state index in [-0.39, 0.29) is 19.1 Å². The molecule has 0 spiro atoms. The summed E-state index contributed by atoms with van der Waals surface area (Å²) in [7, 11) is 0. The summed E-state index contributed by atoms with van der Waals surface area (Å²) < 4.78 is 10.7. The van der Waals surface area contributed by atoms with Crippen molar-refractivity contribution < 1.29 is 24.2 Å². The average Bonchev–Trinajstić information content (AvgIpc) is 2.55. The second kappa shape index (κ2) is 7.79. The maximum atomic E-state index is 12.5. The van der Waals surface area contributed by atoms with Crippen molar-refractivity contribution in [2.24, 2.45) is 0 Å². The Morgan fingerprint density at radius 2 is 2.09 bits per heavy atom. The van der Waals surface area contributed by atoms with Gasteiger partial charge in [0.1, 0.15) is 5.75 Å². The van der Waals surface area contributed by atoms with Crippen LogP contribution in [0, 0.1) is 0 Å². The molecule has 0 aliphatic carbocycles. The minimum atomic E-state index is -1.05. The van der Waals surface area contributed by atoms with Gasteiger partial charge in [0.15, 0.2) is 6.04 Å². The van der Waals surface area contributed by atoms with Gasteiger partial charge in [0.05, 0.1) is 19.8 Å². The number of carboxylic acids is 1. The van der Waals surface area contributed by atoms with Gasteiger partial charge >= 0.3 is 5.97 Å². The molecule has 0 radical (unpaired) electrons. The molecule has 1 aliphatic rings. The number of carbonyl (C=O) groups is 2. The van der Waals surface area contributed by atoms with E-state index in [0.717, 1.165) is 12.8 Å². The lowest BCUT2D eigenvalue weighted by atomic mass is 10.1. The van der Waals surface area contributed by atoms with Gasteiger partial charge in [-0.1, -0.05) is 13.3 Å². The van der Waals surface area contributed by atoms with Gasteiger partial charge in [0.25, 0.3) is 5.91 Å². The second-order valence-electron chi connectivity index (χ2n) is 5.15. The Morgan fingerprint density at radius 3 is 2.73 bits per heavy atom. The highest BCUT2D eigenvalue weighted by Crippen LogP contribution is 2.17. The molecule has 1 fully saturated rings. The summed E-state index contributed by atoms with van der Waals surface area (Å²) in [5.74, 6) is -0.634. The lowest BCUT2D eigenvalue weighted by Gasteiger charge is -2.32. The number of amides is 1. The highest BCUT2D eigenvalue weighted by atomic mass is 16.5. The SMILES string of the molecule is CCCCOc1ccc(C(=O)N2CCOCC2C(=O)O)cc1. The van der Waals surface area contributed by atoms with Crippen molar-refractivity contribution >= 4 is 11.9 Å².